The molecule has 0 aromatic heterocycles. The molecule has 1 amide bonds. The van der Waals surface area contributed by atoms with Gasteiger partial charge in [-0.2, -0.15) is 5.10 Å². The minimum Gasteiger partial charge on any atom is -0.284 e. The highest BCUT2D eigenvalue weighted by Gasteiger charge is 2.24. The van der Waals surface area contributed by atoms with E-state index in [0.717, 1.165) is 30.8 Å². The third kappa shape index (κ3) is 2.90. The van der Waals surface area contributed by atoms with Crippen molar-refractivity contribution in [3.63, 3.8) is 0 Å². The summed E-state index contributed by atoms with van der Waals surface area (Å²) in [6.45, 7) is 4.89. The Morgan fingerprint density at radius 1 is 1.10 bits per heavy atom. The Morgan fingerprint density at radius 2 is 1.80 bits per heavy atom. The molecule has 2 heterocycles. The molecule has 0 aliphatic carbocycles. The molecule has 0 N–H and O–H groups in total. The van der Waals surface area contributed by atoms with Crippen molar-refractivity contribution < 1.29 is 4.79 Å². The minimum absolute atomic E-state index is 0.146. The van der Waals surface area contributed by atoms with Crippen LogP contribution in [0.2, 0.25) is 0 Å². The van der Waals surface area contributed by atoms with Crippen LogP contribution in [0.1, 0.15) is 36.8 Å². The predicted octanol–water partition coefficient (Wildman–Crippen LogP) is 2.37. The summed E-state index contributed by atoms with van der Waals surface area (Å²) in [5.74, 6) is 0.146. The fraction of sp³-hybridized carbons (Fsp3) is 0.500. The van der Waals surface area contributed by atoms with Crippen LogP contribution in [-0.4, -0.2) is 41.3 Å². The van der Waals surface area contributed by atoms with Crippen molar-refractivity contribution in [3.05, 3.63) is 35.4 Å². The molecule has 0 spiro atoms. The highest BCUT2D eigenvalue weighted by atomic mass is 16.2. The lowest BCUT2D eigenvalue weighted by molar-refractivity contribution is -0.133. The summed E-state index contributed by atoms with van der Waals surface area (Å²) < 4.78 is 0. The van der Waals surface area contributed by atoms with Crippen molar-refractivity contribution in [3.8, 4) is 0 Å². The average molecular weight is 271 g/mol. The first-order valence-electron chi connectivity index (χ1n) is 7.39. The van der Waals surface area contributed by atoms with E-state index in [9.17, 15) is 4.79 Å². The van der Waals surface area contributed by atoms with Crippen LogP contribution in [0.25, 0.3) is 0 Å². The maximum atomic E-state index is 12.0. The fourth-order valence-electron chi connectivity index (χ4n) is 2.78. The van der Waals surface area contributed by atoms with Gasteiger partial charge in [0.05, 0.1) is 12.4 Å². The highest BCUT2D eigenvalue weighted by molar-refractivity contribution is 6.04. The Morgan fingerprint density at radius 3 is 2.50 bits per heavy atom. The lowest BCUT2D eigenvalue weighted by atomic mass is 10.0. The van der Waals surface area contributed by atoms with Gasteiger partial charge in [-0.05, 0) is 38.4 Å². The summed E-state index contributed by atoms with van der Waals surface area (Å²) in [5.41, 5.74) is 3.41. The van der Waals surface area contributed by atoms with Crippen LogP contribution in [0.15, 0.2) is 29.4 Å². The SMILES string of the molecule is Cc1ccc(C2=NN(CN3CCCC3)C(=O)CC2)cc1. The molecule has 2 aliphatic rings. The summed E-state index contributed by atoms with van der Waals surface area (Å²) in [4.78, 5) is 14.3. The van der Waals surface area contributed by atoms with Gasteiger partial charge in [0, 0.05) is 12.8 Å². The van der Waals surface area contributed by atoms with Crippen molar-refractivity contribution >= 4 is 11.6 Å². The van der Waals surface area contributed by atoms with Gasteiger partial charge in [-0.1, -0.05) is 29.8 Å². The molecule has 0 unspecified atom stereocenters. The normalized spacial score (nSPS) is 20.4. The van der Waals surface area contributed by atoms with Gasteiger partial charge in [0.15, 0.2) is 0 Å². The highest BCUT2D eigenvalue weighted by Crippen LogP contribution is 2.17. The second-order valence-corrected chi connectivity index (χ2v) is 5.67. The standard InChI is InChI=1S/C16H21N3O/c1-13-4-6-14(7-5-13)15-8-9-16(20)19(17-15)12-18-10-2-3-11-18/h4-7H,2-3,8-12H2,1H3. The first-order valence-corrected chi connectivity index (χ1v) is 7.39. The maximum Gasteiger partial charge on any atom is 0.244 e. The molecule has 0 radical (unpaired) electrons. The Labute approximate surface area is 120 Å². The molecule has 1 aromatic rings. The van der Waals surface area contributed by atoms with Gasteiger partial charge in [0.25, 0.3) is 0 Å². The van der Waals surface area contributed by atoms with Crippen LogP contribution < -0.4 is 0 Å². The minimum atomic E-state index is 0.146. The summed E-state index contributed by atoms with van der Waals surface area (Å²) >= 11 is 0. The maximum absolute atomic E-state index is 12.0. The fourth-order valence-corrected chi connectivity index (χ4v) is 2.78. The van der Waals surface area contributed by atoms with Gasteiger partial charge in [-0.25, -0.2) is 5.01 Å². The van der Waals surface area contributed by atoms with Crippen molar-refractivity contribution in [2.45, 2.75) is 32.6 Å². The molecular weight excluding hydrogens is 250 g/mol. The zero-order chi connectivity index (χ0) is 13.9. The number of amides is 1. The Hall–Kier alpha value is -1.68. The van der Waals surface area contributed by atoms with Crippen molar-refractivity contribution in [1.82, 2.24) is 9.91 Å². The average Bonchev–Trinajstić information content (AvgIpc) is 2.95. The first kappa shape index (κ1) is 13.3. The molecule has 4 heteroatoms. The Balaban J connectivity index is 1.76. The molecule has 1 saturated heterocycles. The number of nitrogens with zero attached hydrogens (tertiary/aromatic N) is 3. The van der Waals surface area contributed by atoms with E-state index in [1.54, 1.807) is 5.01 Å². The van der Waals surface area contributed by atoms with Gasteiger partial charge in [0.1, 0.15) is 0 Å². The van der Waals surface area contributed by atoms with Crippen LogP contribution in [0.3, 0.4) is 0 Å². The van der Waals surface area contributed by atoms with E-state index in [-0.39, 0.29) is 5.91 Å². The van der Waals surface area contributed by atoms with Crippen LogP contribution in [-0.2, 0) is 4.79 Å². The number of carbonyl (C=O) groups is 1. The molecule has 0 atom stereocenters. The van der Waals surface area contributed by atoms with E-state index in [4.69, 9.17) is 0 Å². The molecule has 20 heavy (non-hydrogen) atoms. The number of rotatable bonds is 3. The number of hydrogen-bond acceptors (Lipinski definition) is 3. The number of aryl methyl sites for hydroxylation is 1. The van der Waals surface area contributed by atoms with E-state index in [2.05, 4.69) is 41.2 Å². The zero-order valence-corrected chi connectivity index (χ0v) is 12.0. The van der Waals surface area contributed by atoms with Crippen molar-refractivity contribution in [1.29, 1.82) is 0 Å². The van der Waals surface area contributed by atoms with Gasteiger partial charge in [0.2, 0.25) is 5.91 Å². The molecule has 4 nitrogen and oxygen atoms in total. The van der Waals surface area contributed by atoms with Gasteiger partial charge < -0.3 is 0 Å². The number of hydrogen-bond donors (Lipinski definition) is 0. The predicted molar refractivity (Wildman–Crippen MR) is 79.5 cm³/mol. The number of hydrazone groups is 1. The van der Waals surface area contributed by atoms with Gasteiger partial charge in [-0.3, -0.25) is 9.69 Å². The zero-order valence-electron chi connectivity index (χ0n) is 12.0. The second-order valence-electron chi connectivity index (χ2n) is 5.67. The topological polar surface area (TPSA) is 35.9 Å². The molecular formula is C16H21N3O. The third-order valence-corrected chi connectivity index (χ3v) is 4.02. The van der Waals surface area contributed by atoms with Crippen LogP contribution in [0.4, 0.5) is 0 Å². The van der Waals surface area contributed by atoms with E-state index < -0.39 is 0 Å². The third-order valence-electron chi connectivity index (χ3n) is 4.02. The molecule has 106 valence electrons. The Bertz CT molecular complexity index is 515. The first-order chi connectivity index (χ1) is 9.72. The lowest BCUT2D eigenvalue weighted by Crippen LogP contribution is -2.40. The molecule has 0 saturated carbocycles. The molecule has 1 aromatic carbocycles. The van der Waals surface area contributed by atoms with Crippen LogP contribution in [0, 0.1) is 6.92 Å². The summed E-state index contributed by atoms with van der Waals surface area (Å²) in [7, 11) is 0. The molecule has 0 bridgehead atoms. The largest absolute Gasteiger partial charge is 0.284 e. The van der Waals surface area contributed by atoms with E-state index in [1.807, 2.05) is 0 Å². The molecule has 3 rings (SSSR count). The number of carbonyl (C=O) groups excluding carboxylic acids is 1. The second kappa shape index (κ2) is 5.75. The summed E-state index contributed by atoms with van der Waals surface area (Å²) in [6, 6.07) is 8.38. The number of likely N-dealkylation sites (tertiary alicyclic amines) is 1. The van der Waals surface area contributed by atoms with Crippen molar-refractivity contribution in [2.75, 3.05) is 19.8 Å². The smallest absolute Gasteiger partial charge is 0.244 e. The monoisotopic (exact) mass is 271 g/mol. The summed E-state index contributed by atoms with van der Waals surface area (Å²) in [5, 5.41) is 6.24. The molecule has 1 fully saturated rings. The van der Waals surface area contributed by atoms with Crippen molar-refractivity contribution in [2.24, 2.45) is 5.10 Å². The molecule has 2 aliphatic heterocycles. The van der Waals surface area contributed by atoms with E-state index >= 15 is 0 Å². The van der Waals surface area contributed by atoms with E-state index in [1.165, 1.54) is 18.4 Å². The van der Waals surface area contributed by atoms with Gasteiger partial charge >= 0.3 is 0 Å². The Kier molecular flexibility index (Phi) is 3.83. The van der Waals surface area contributed by atoms with Crippen LogP contribution in [0.5, 0.6) is 0 Å². The quantitative estimate of drug-likeness (QED) is 0.846. The van der Waals surface area contributed by atoms with E-state index in [0.29, 0.717) is 13.1 Å². The van der Waals surface area contributed by atoms with Crippen LogP contribution >= 0.6 is 0 Å². The summed E-state index contributed by atoms with van der Waals surface area (Å²) in [6.07, 6.45) is 3.78. The number of benzene rings is 1. The lowest BCUT2D eigenvalue weighted by Gasteiger charge is -2.27. The van der Waals surface area contributed by atoms with Gasteiger partial charge in [-0.15, -0.1) is 0 Å².